The topological polar surface area (TPSA) is 45.7 Å². The number of rotatable bonds is 5. The summed E-state index contributed by atoms with van der Waals surface area (Å²) in [6.07, 6.45) is 7.70. The third kappa shape index (κ3) is 3.75. The van der Waals surface area contributed by atoms with Crippen molar-refractivity contribution >= 4 is 17.2 Å². The van der Waals surface area contributed by atoms with Crippen molar-refractivity contribution in [2.75, 3.05) is 33.3 Å². The Hall–Kier alpha value is -1.92. The predicted octanol–water partition coefficient (Wildman–Crippen LogP) is 4.68. The third-order valence-electron chi connectivity index (χ3n) is 8.41. The molecule has 4 bridgehead atoms. The lowest BCUT2D eigenvalue weighted by atomic mass is 9.49. The van der Waals surface area contributed by atoms with Crippen molar-refractivity contribution in [2.45, 2.75) is 45.1 Å². The van der Waals surface area contributed by atoms with Crippen molar-refractivity contribution in [1.29, 1.82) is 0 Å². The molecule has 5 nitrogen and oxygen atoms in total. The van der Waals surface area contributed by atoms with Crippen molar-refractivity contribution in [3.05, 3.63) is 35.3 Å². The number of hydrogen-bond donors (Lipinski definition) is 0. The van der Waals surface area contributed by atoms with E-state index in [0.717, 1.165) is 72.5 Å². The van der Waals surface area contributed by atoms with Crippen LogP contribution in [0.3, 0.4) is 0 Å². The molecule has 0 spiro atoms. The summed E-state index contributed by atoms with van der Waals surface area (Å²) in [4.78, 5) is 23.1. The molecule has 0 radical (unpaired) electrons. The molecular weight excluding hydrogens is 418 g/mol. The van der Waals surface area contributed by atoms with E-state index in [9.17, 15) is 4.79 Å². The molecule has 5 fully saturated rings. The van der Waals surface area contributed by atoms with Crippen LogP contribution in [0.2, 0.25) is 0 Å². The van der Waals surface area contributed by atoms with E-state index in [-0.39, 0.29) is 5.41 Å². The van der Waals surface area contributed by atoms with Gasteiger partial charge in [-0.15, -0.1) is 11.3 Å². The van der Waals surface area contributed by atoms with Crippen LogP contribution in [0.15, 0.2) is 29.6 Å². The van der Waals surface area contributed by atoms with E-state index in [0.29, 0.717) is 5.91 Å². The van der Waals surface area contributed by atoms with Crippen molar-refractivity contribution in [3.8, 4) is 16.3 Å². The van der Waals surface area contributed by atoms with Crippen molar-refractivity contribution in [1.82, 2.24) is 14.8 Å². The average molecular weight is 452 g/mol. The summed E-state index contributed by atoms with van der Waals surface area (Å²) in [7, 11) is 1.69. The molecule has 0 unspecified atom stereocenters. The number of aromatic nitrogens is 1. The zero-order chi connectivity index (χ0) is 21.7. The molecule has 2 heterocycles. The number of hydrogen-bond acceptors (Lipinski definition) is 5. The second-order valence-corrected chi connectivity index (χ2v) is 11.5. The molecule has 4 aliphatic carbocycles. The fourth-order valence-corrected chi connectivity index (χ4v) is 8.12. The number of benzene rings is 1. The molecule has 4 saturated carbocycles. The molecule has 1 aromatic carbocycles. The summed E-state index contributed by atoms with van der Waals surface area (Å²) in [6.45, 7) is 4.50. The first-order valence-electron chi connectivity index (χ1n) is 12.2. The Balaban J connectivity index is 1.06. The highest BCUT2D eigenvalue weighted by atomic mass is 32.1. The molecule has 0 N–H and O–H groups in total. The number of carbonyl (C=O) groups excluding carboxylic acids is 1. The Morgan fingerprint density at radius 1 is 1.09 bits per heavy atom. The van der Waals surface area contributed by atoms with Gasteiger partial charge in [0.25, 0.3) is 0 Å². The Bertz CT molecular complexity index is 959. The van der Waals surface area contributed by atoms with Gasteiger partial charge in [0.2, 0.25) is 5.91 Å². The first-order valence-corrected chi connectivity index (χ1v) is 13.1. The van der Waals surface area contributed by atoms with Gasteiger partial charge in [-0.05, 0) is 68.4 Å². The molecule has 5 aliphatic rings. The molecule has 2 aromatic rings. The minimum Gasteiger partial charge on any atom is -0.497 e. The Labute approximate surface area is 194 Å². The van der Waals surface area contributed by atoms with Crippen LogP contribution in [-0.4, -0.2) is 54.0 Å². The third-order valence-corrected chi connectivity index (χ3v) is 9.35. The van der Waals surface area contributed by atoms with E-state index in [1.807, 2.05) is 18.2 Å². The molecule has 1 amide bonds. The summed E-state index contributed by atoms with van der Waals surface area (Å²) in [5.74, 6) is 3.84. The maximum Gasteiger partial charge on any atom is 0.228 e. The highest BCUT2D eigenvalue weighted by Gasteiger charge is 2.55. The van der Waals surface area contributed by atoms with Gasteiger partial charge in [-0.3, -0.25) is 9.69 Å². The summed E-state index contributed by atoms with van der Waals surface area (Å²) in [5.41, 5.74) is 2.22. The standard InChI is InChI=1S/C26H33N3O2S/c1-31-23-4-2-3-21(12-23)24-27-22(17-32-24)16-28-5-7-29(8-6-28)25(30)26-13-18-9-19(14-26)11-20(10-18)15-26/h2-4,12,17-20H,5-11,13-16H2,1H3. The van der Waals surface area contributed by atoms with Gasteiger partial charge in [-0.2, -0.15) is 0 Å². The van der Waals surface area contributed by atoms with Gasteiger partial charge in [0.15, 0.2) is 0 Å². The van der Waals surface area contributed by atoms with Gasteiger partial charge in [0, 0.05) is 43.7 Å². The van der Waals surface area contributed by atoms with E-state index in [4.69, 9.17) is 9.72 Å². The molecule has 32 heavy (non-hydrogen) atoms. The highest BCUT2D eigenvalue weighted by molar-refractivity contribution is 7.13. The van der Waals surface area contributed by atoms with Gasteiger partial charge >= 0.3 is 0 Å². The van der Waals surface area contributed by atoms with E-state index < -0.39 is 0 Å². The molecule has 0 atom stereocenters. The minimum absolute atomic E-state index is 0.00250. The second kappa shape index (κ2) is 8.14. The van der Waals surface area contributed by atoms with Crippen LogP contribution in [0.25, 0.3) is 10.6 Å². The SMILES string of the molecule is COc1cccc(-c2nc(CN3CCN(C(=O)C45CC6CC(CC(C6)C4)C5)CC3)cs2)c1. The quantitative estimate of drug-likeness (QED) is 0.662. The van der Waals surface area contributed by atoms with Crippen LogP contribution in [0, 0.1) is 23.2 Å². The lowest BCUT2D eigenvalue weighted by Gasteiger charge is -2.57. The van der Waals surface area contributed by atoms with Gasteiger partial charge < -0.3 is 9.64 Å². The van der Waals surface area contributed by atoms with Crippen molar-refractivity contribution < 1.29 is 9.53 Å². The van der Waals surface area contributed by atoms with Gasteiger partial charge in [0.1, 0.15) is 10.8 Å². The maximum absolute atomic E-state index is 13.6. The first kappa shape index (κ1) is 20.7. The smallest absolute Gasteiger partial charge is 0.228 e. The number of methoxy groups -OCH3 is 1. The average Bonchev–Trinajstić information content (AvgIpc) is 3.27. The normalized spacial score (nSPS) is 31.8. The van der Waals surface area contributed by atoms with E-state index >= 15 is 0 Å². The van der Waals surface area contributed by atoms with Gasteiger partial charge in [-0.25, -0.2) is 4.98 Å². The van der Waals surface area contributed by atoms with Crippen molar-refractivity contribution in [2.24, 2.45) is 23.2 Å². The number of nitrogens with zero attached hydrogens (tertiary/aromatic N) is 3. The van der Waals surface area contributed by atoms with Crippen LogP contribution < -0.4 is 4.74 Å². The number of carbonyl (C=O) groups is 1. The molecule has 1 aliphatic heterocycles. The largest absolute Gasteiger partial charge is 0.497 e. The van der Waals surface area contributed by atoms with Crippen LogP contribution in [-0.2, 0) is 11.3 Å². The summed E-state index contributed by atoms with van der Waals surface area (Å²) >= 11 is 1.69. The maximum atomic E-state index is 13.6. The van der Waals surface area contributed by atoms with Gasteiger partial charge in [-0.1, -0.05) is 12.1 Å². The monoisotopic (exact) mass is 451 g/mol. The van der Waals surface area contributed by atoms with E-state index in [2.05, 4.69) is 21.2 Å². The Morgan fingerprint density at radius 2 is 1.78 bits per heavy atom. The Kier molecular flexibility index (Phi) is 5.26. The van der Waals surface area contributed by atoms with Crippen LogP contribution in [0.5, 0.6) is 5.75 Å². The fourth-order valence-electron chi connectivity index (χ4n) is 7.31. The first-order chi connectivity index (χ1) is 15.6. The highest BCUT2D eigenvalue weighted by Crippen LogP contribution is 2.60. The molecular formula is C26H33N3O2S. The predicted molar refractivity (Wildman–Crippen MR) is 127 cm³/mol. The fraction of sp³-hybridized carbons (Fsp3) is 0.615. The summed E-state index contributed by atoms with van der Waals surface area (Å²) < 4.78 is 5.35. The lowest BCUT2D eigenvalue weighted by molar-refractivity contribution is -0.159. The number of amides is 1. The molecule has 7 rings (SSSR count). The van der Waals surface area contributed by atoms with Crippen LogP contribution in [0.1, 0.15) is 44.2 Å². The Morgan fingerprint density at radius 3 is 2.44 bits per heavy atom. The molecule has 6 heteroatoms. The number of thiazole rings is 1. The zero-order valence-corrected chi connectivity index (χ0v) is 19.8. The number of piperazine rings is 1. The lowest BCUT2D eigenvalue weighted by Crippen LogP contribution is -2.58. The number of ether oxygens (including phenoxy) is 1. The summed E-state index contributed by atoms with van der Waals surface area (Å²) in [5, 5.41) is 3.21. The van der Waals surface area contributed by atoms with E-state index in [1.165, 1.54) is 38.5 Å². The van der Waals surface area contributed by atoms with Crippen LogP contribution >= 0.6 is 11.3 Å². The molecule has 1 saturated heterocycles. The second-order valence-electron chi connectivity index (χ2n) is 10.6. The zero-order valence-electron chi connectivity index (χ0n) is 19.0. The molecule has 1 aromatic heterocycles. The summed E-state index contributed by atoms with van der Waals surface area (Å²) in [6, 6.07) is 8.09. The van der Waals surface area contributed by atoms with Crippen molar-refractivity contribution in [3.63, 3.8) is 0 Å². The van der Waals surface area contributed by atoms with Crippen LogP contribution in [0.4, 0.5) is 0 Å². The van der Waals surface area contributed by atoms with E-state index in [1.54, 1.807) is 18.4 Å². The molecule has 170 valence electrons. The van der Waals surface area contributed by atoms with Gasteiger partial charge in [0.05, 0.1) is 18.2 Å². The minimum atomic E-state index is -0.00250.